The summed E-state index contributed by atoms with van der Waals surface area (Å²) < 4.78 is 41.7. The van der Waals surface area contributed by atoms with Crippen LogP contribution in [-0.2, 0) is 27.8 Å². The second kappa shape index (κ2) is 7.59. The van der Waals surface area contributed by atoms with Crippen LogP contribution in [0.1, 0.15) is 27.0 Å². The van der Waals surface area contributed by atoms with Crippen molar-refractivity contribution in [2.75, 3.05) is 25.4 Å². The first kappa shape index (κ1) is 20.4. The number of fused-ring (bicyclic) bond motifs is 1. The molecule has 0 radical (unpaired) electrons. The molecule has 0 aromatic carbocycles. The number of nitrogens with zero attached hydrogens (tertiary/aromatic N) is 2. The fraction of sp³-hybridized carbons (Fsp3) is 0.733. The Kier molecular flexibility index (Phi) is 5.74. The van der Waals surface area contributed by atoms with Crippen molar-refractivity contribution in [3.8, 4) is 0 Å². The van der Waals surface area contributed by atoms with E-state index in [9.17, 15) is 9.36 Å². The maximum atomic E-state index is 12.3. The van der Waals surface area contributed by atoms with Gasteiger partial charge < -0.3 is 23.3 Å². The number of aromatic nitrogens is 2. The average molecular weight is 405 g/mol. The first-order valence-corrected chi connectivity index (χ1v) is 10.5. The first-order valence-electron chi connectivity index (χ1n) is 8.53. The Labute approximate surface area is 156 Å². The van der Waals surface area contributed by atoms with E-state index in [0.717, 1.165) is 0 Å². The highest BCUT2D eigenvalue weighted by Gasteiger charge is 2.56. The molecule has 3 heterocycles. The van der Waals surface area contributed by atoms with E-state index < -0.39 is 43.6 Å². The third kappa shape index (κ3) is 4.40. The van der Waals surface area contributed by atoms with Gasteiger partial charge in [0.05, 0.1) is 13.2 Å². The lowest BCUT2D eigenvalue weighted by Gasteiger charge is -2.25. The molecule has 2 aliphatic heterocycles. The molecular formula is C15H24N3O8P. The molecule has 0 spiro atoms. The predicted molar refractivity (Wildman–Crippen MR) is 92.7 cm³/mol. The normalized spacial score (nSPS) is 31.4. The van der Waals surface area contributed by atoms with Gasteiger partial charge in [-0.2, -0.15) is 4.98 Å². The van der Waals surface area contributed by atoms with Crippen LogP contribution in [0.25, 0.3) is 0 Å². The molecule has 1 aromatic rings. The zero-order valence-electron chi connectivity index (χ0n) is 15.5. The van der Waals surface area contributed by atoms with Crippen LogP contribution in [-0.4, -0.2) is 58.7 Å². The fourth-order valence-corrected chi connectivity index (χ4v) is 4.13. The van der Waals surface area contributed by atoms with E-state index in [0.29, 0.717) is 0 Å². The Morgan fingerprint density at radius 3 is 2.70 bits per heavy atom. The molecule has 11 nitrogen and oxygen atoms in total. The number of ether oxygens (including phenoxy) is 3. The van der Waals surface area contributed by atoms with Crippen LogP contribution >= 0.6 is 7.60 Å². The Bertz CT molecular complexity index is 785. The van der Waals surface area contributed by atoms with Crippen LogP contribution in [0.5, 0.6) is 0 Å². The second-order valence-corrected chi connectivity index (χ2v) is 8.79. The van der Waals surface area contributed by atoms with Crippen LogP contribution in [0.15, 0.2) is 17.1 Å². The van der Waals surface area contributed by atoms with Gasteiger partial charge in [-0.1, -0.05) is 0 Å². The van der Waals surface area contributed by atoms with Gasteiger partial charge in [0.2, 0.25) is 0 Å². The highest BCUT2D eigenvalue weighted by atomic mass is 31.2. The van der Waals surface area contributed by atoms with E-state index in [1.807, 2.05) is 5.48 Å². The highest BCUT2D eigenvalue weighted by Crippen LogP contribution is 2.47. The molecule has 0 aliphatic carbocycles. The third-order valence-corrected chi connectivity index (χ3v) is 5.53. The van der Waals surface area contributed by atoms with Crippen molar-refractivity contribution in [1.82, 2.24) is 9.55 Å². The number of rotatable bonds is 7. The number of anilines is 1. The summed E-state index contributed by atoms with van der Waals surface area (Å²) in [7, 11) is -3.22. The molecule has 2 saturated heterocycles. The smallest absolute Gasteiger partial charge is 0.346 e. The van der Waals surface area contributed by atoms with E-state index >= 15 is 0 Å². The molecule has 1 aromatic heterocycles. The number of hydrogen-bond donors (Lipinski definition) is 2. The molecule has 2 N–H and O–H groups in total. The van der Waals surface area contributed by atoms with Crippen LogP contribution < -0.4 is 11.2 Å². The maximum Gasteiger partial charge on any atom is 0.351 e. The van der Waals surface area contributed by atoms with Gasteiger partial charge in [0.1, 0.15) is 18.3 Å². The van der Waals surface area contributed by atoms with Crippen LogP contribution in [0.3, 0.4) is 0 Å². The lowest BCUT2D eigenvalue weighted by molar-refractivity contribution is -0.200. The molecule has 0 bridgehead atoms. The monoisotopic (exact) mass is 405 g/mol. The van der Waals surface area contributed by atoms with Crippen molar-refractivity contribution in [1.29, 1.82) is 0 Å². The van der Waals surface area contributed by atoms with Crippen molar-refractivity contribution >= 4 is 13.4 Å². The summed E-state index contributed by atoms with van der Waals surface area (Å²) in [5.74, 6) is -0.868. The van der Waals surface area contributed by atoms with Crippen molar-refractivity contribution in [3.05, 3.63) is 22.7 Å². The van der Waals surface area contributed by atoms with Crippen LogP contribution in [0, 0.1) is 0 Å². The van der Waals surface area contributed by atoms with Gasteiger partial charge >= 0.3 is 13.3 Å². The Hall–Kier alpha value is -1.33. The minimum Gasteiger partial charge on any atom is -0.346 e. The van der Waals surface area contributed by atoms with Crippen LogP contribution in [0.4, 0.5) is 5.82 Å². The van der Waals surface area contributed by atoms with Crippen LogP contribution in [0.2, 0.25) is 0 Å². The molecule has 5 atom stereocenters. The Balaban J connectivity index is 1.82. The van der Waals surface area contributed by atoms with Crippen molar-refractivity contribution < 1.29 is 33.0 Å². The maximum absolute atomic E-state index is 12.3. The fourth-order valence-electron chi connectivity index (χ4n) is 3.17. The standard InChI is InChI=1S/C15H24N3O8P/c1-5-22-27(4,21)23-8-9-11-12(26-15(2,3)25-11)13(24-9)18-7-6-10(17-20)16-14(18)19/h6-7,9,11-13,20H,5,8H2,1-4H3,(H,16,17,19)/t9-,11?,12+,13-,27?/m1/s1. The molecule has 2 unspecified atom stereocenters. The summed E-state index contributed by atoms with van der Waals surface area (Å²) in [6.07, 6.45) is -1.14. The largest absolute Gasteiger partial charge is 0.351 e. The highest BCUT2D eigenvalue weighted by molar-refractivity contribution is 7.52. The van der Waals surface area contributed by atoms with Crippen molar-refractivity contribution in [2.24, 2.45) is 0 Å². The number of nitrogens with one attached hydrogen (secondary N) is 1. The quantitative estimate of drug-likeness (QED) is 0.506. The van der Waals surface area contributed by atoms with Gasteiger partial charge in [0, 0.05) is 12.9 Å². The van der Waals surface area contributed by atoms with E-state index in [4.69, 9.17) is 28.5 Å². The van der Waals surface area contributed by atoms with Gasteiger partial charge in [-0.25, -0.2) is 4.79 Å². The Morgan fingerprint density at radius 1 is 1.37 bits per heavy atom. The zero-order valence-corrected chi connectivity index (χ0v) is 16.4. The van der Waals surface area contributed by atoms with E-state index in [1.54, 1.807) is 20.8 Å². The molecule has 2 fully saturated rings. The topological polar surface area (TPSA) is 130 Å². The lowest BCUT2D eigenvalue weighted by atomic mass is 10.1. The van der Waals surface area contributed by atoms with E-state index in [-0.39, 0.29) is 19.0 Å². The molecule has 27 heavy (non-hydrogen) atoms. The Morgan fingerprint density at radius 2 is 2.07 bits per heavy atom. The second-order valence-electron chi connectivity index (χ2n) is 6.73. The van der Waals surface area contributed by atoms with Crippen molar-refractivity contribution in [3.63, 3.8) is 0 Å². The average Bonchev–Trinajstić information content (AvgIpc) is 3.06. The first-order chi connectivity index (χ1) is 12.7. The summed E-state index contributed by atoms with van der Waals surface area (Å²) in [6.45, 7) is 6.82. The number of hydrogen-bond acceptors (Lipinski definition) is 10. The predicted octanol–water partition coefficient (Wildman–Crippen LogP) is 1.34. The lowest BCUT2D eigenvalue weighted by Crippen LogP contribution is -2.34. The molecule has 12 heteroatoms. The van der Waals surface area contributed by atoms with E-state index in [1.165, 1.54) is 23.5 Å². The minimum atomic E-state index is -3.22. The summed E-state index contributed by atoms with van der Waals surface area (Å²) in [6, 6.07) is 1.42. The van der Waals surface area contributed by atoms with Crippen molar-refractivity contribution in [2.45, 2.75) is 51.1 Å². The SMILES string of the molecule is CCOP(C)(=O)OC[C@H]1O[C@@H](n2ccc(NO)nc2=O)[C@H]2OC(C)(C)OC12. The molecule has 152 valence electrons. The van der Waals surface area contributed by atoms with Gasteiger partial charge in [0.25, 0.3) is 0 Å². The molecule has 0 amide bonds. The van der Waals surface area contributed by atoms with Gasteiger partial charge in [-0.15, -0.1) is 0 Å². The molecule has 2 aliphatic rings. The van der Waals surface area contributed by atoms with E-state index in [2.05, 4.69) is 4.98 Å². The van der Waals surface area contributed by atoms with Gasteiger partial charge in [0.15, 0.2) is 17.8 Å². The minimum absolute atomic E-state index is 0.0123. The molecule has 3 rings (SSSR count). The summed E-state index contributed by atoms with van der Waals surface area (Å²) in [5, 5.41) is 8.88. The van der Waals surface area contributed by atoms with Gasteiger partial charge in [-0.05, 0) is 26.8 Å². The summed E-state index contributed by atoms with van der Waals surface area (Å²) in [4.78, 5) is 16.0. The summed E-state index contributed by atoms with van der Waals surface area (Å²) >= 11 is 0. The zero-order chi connectivity index (χ0) is 19.8. The summed E-state index contributed by atoms with van der Waals surface area (Å²) in [5.41, 5.74) is 1.18. The third-order valence-electron chi connectivity index (χ3n) is 4.18. The molecule has 0 saturated carbocycles. The molecular weight excluding hydrogens is 381 g/mol. The van der Waals surface area contributed by atoms with Gasteiger partial charge in [-0.3, -0.25) is 19.8 Å².